The molecule has 0 bridgehead atoms. The van der Waals surface area contributed by atoms with Crippen molar-refractivity contribution < 1.29 is 23.8 Å². The molecular weight excluding hydrogens is 570 g/mol. The van der Waals surface area contributed by atoms with E-state index >= 15 is 0 Å². The molecule has 6 nitrogen and oxygen atoms in total. The van der Waals surface area contributed by atoms with E-state index in [0.29, 0.717) is 28.9 Å². The van der Waals surface area contributed by atoms with Gasteiger partial charge in [0.2, 0.25) is 0 Å². The number of carbonyl (C=O) groups is 2. The van der Waals surface area contributed by atoms with Gasteiger partial charge in [0, 0.05) is 39.2 Å². The smallest absolute Gasteiger partial charge is 0.338 e. The number of nitrogens with zero attached hydrogens (tertiary/aromatic N) is 1. The second-order valence-corrected chi connectivity index (χ2v) is 12.1. The van der Waals surface area contributed by atoms with Gasteiger partial charge in [-0.25, -0.2) is 4.79 Å². The minimum atomic E-state index is -0.424. The summed E-state index contributed by atoms with van der Waals surface area (Å²) >= 11 is 1.57. The lowest BCUT2D eigenvalue weighted by atomic mass is 9.95. The van der Waals surface area contributed by atoms with Crippen LogP contribution in [0.3, 0.4) is 0 Å². The Bertz CT molecular complexity index is 1790. The van der Waals surface area contributed by atoms with E-state index in [1.165, 1.54) is 20.0 Å². The first-order chi connectivity index (χ1) is 21.4. The van der Waals surface area contributed by atoms with Crippen molar-refractivity contribution in [3.8, 4) is 21.9 Å². The van der Waals surface area contributed by atoms with E-state index in [1.807, 2.05) is 79.7 Å². The van der Waals surface area contributed by atoms with Crippen LogP contribution in [0.2, 0.25) is 0 Å². The molecule has 1 unspecified atom stereocenters. The molecule has 44 heavy (non-hydrogen) atoms. The number of hydrogen-bond acceptors (Lipinski definition) is 7. The zero-order valence-corrected chi connectivity index (χ0v) is 26.0. The zero-order chi connectivity index (χ0) is 30.6. The van der Waals surface area contributed by atoms with Gasteiger partial charge < -0.3 is 14.2 Å². The van der Waals surface area contributed by atoms with Gasteiger partial charge in [0.05, 0.1) is 12.7 Å². The van der Waals surface area contributed by atoms with Crippen LogP contribution >= 0.6 is 11.3 Å². The molecular formula is C37H35NO5S. The number of methoxy groups -OCH3 is 1. The third-order valence-electron chi connectivity index (χ3n) is 8.11. The van der Waals surface area contributed by atoms with Gasteiger partial charge in [-0.3, -0.25) is 9.69 Å². The van der Waals surface area contributed by atoms with Gasteiger partial charge in [0.15, 0.2) is 5.78 Å². The molecule has 1 aromatic heterocycles. The van der Waals surface area contributed by atoms with Crippen molar-refractivity contribution in [3.63, 3.8) is 0 Å². The summed E-state index contributed by atoms with van der Waals surface area (Å²) < 4.78 is 18.2. The van der Waals surface area contributed by atoms with Crippen molar-refractivity contribution in [2.45, 2.75) is 39.5 Å². The van der Waals surface area contributed by atoms with E-state index in [4.69, 9.17) is 14.2 Å². The van der Waals surface area contributed by atoms with E-state index in [2.05, 4.69) is 11.8 Å². The standard InChI is InChI=1S/C37H35NO5S/c1-24-21-28(13-17-31(24)37(40)41-3)35(39)34-32-18-16-30(42-23-26-9-5-4-6-10-26)22-33(32)44-36(34)27-11-14-29(15-12-27)43-25(2)38-19-7-8-20-38/h4-6,9-18,21-22,25H,7-8,19-20,23H2,1-3H3. The number of likely N-dealkylation sites (tertiary alicyclic amines) is 1. The maximum Gasteiger partial charge on any atom is 0.338 e. The van der Waals surface area contributed by atoms with E-state index in [0.717, 1.165) is 50.7 Å². The molecule has 7 heteroatoms. The van der Waals surface area contributed by atoms with Gasteiger partial charge in [-0.2, -0.15) is 0 Å². The molecule has 0 aliphatic carbocycles. The Hall–Kier alpha value is -4.46. The van der Waals surface area contributed by atoms with Crippen molar-refractivity contribution in [1.82, 2.24) is 4.90 Å². The highest BCUT2D eigenvalue weighted by Gasteiger charge is 2.24. The van der Waals surface area contributed by atoms with Crippen LogP contribution in [0.4, 0.5) is 0 Å². The Morgan fingerprint density at radius 1 is 0.886 bits per heavy atom. The Kier molecular flexibility index (Phi) is 8.77. The van der Waals surface area contributed by atoms with Crippen LogP contribution in [0, 0.1) is 6.92 Å². The molecule has 1 saturated heterocycles. The summed E-state index contributed by atoms with van der Waals surface area (Å²) in [5.41, 5.74) is 4.30. The number of carbonyl (C=O) groups excluding carboxylic acids is 2. The molecule has 0 amide bonds. The number of fused-ring (bicyclic) bond motifs is 1. The fraction of sp³-hybridized carbons (Fsp3) is 0.243. The minimum Gasteiger partial charge on any atom is -0.489 e. The lowest BCUT2D eigenvalue weighted by Crippen LogP contribution is -2.34. The van der Waals surface area contributed by atoms with Gasteiger partial charge in [-0.05, 0) is 98.0 Å². The maximum atomic E-state index is 14.2. The molecule has 224 valence electrons. The van der Waals surface area contributed by atoms with Gasteiger partial charge in [-0.1, -0.05) is 36.4 Å². The molecule has 6 rings (SSSR count). The van der Waals surface area contributed by atoms with Crippen molar-refractivity contribution in [3.05, 3.63) is 119 Å². The second kappa shape index (κ2) is 13.0. The lowest BCUT2D eigenvalue weighted by molar-refractivity contribution is 0.0591. The third-order valence-corrected chi connectivity index (χ3v) is 9.31. The van der Waals surface area contributed by atoms with Crippen molar-refractivity contribution in [2.24, 2.45) is 0 Å². The highest BCUT2D eigenvalue weighted by atomic mass is 32.1. The Balaban J connectivity index is 1.35. The topological polar surface area (TPSA) is 65.1 Å². The summed E-state index contributed by atoms with van der Waals surface area (Å²) in [5, 5.41) is 0.861. The first-order valence-electron chi connectivity index (χ1n) is 14.9. The van der Waals surface area contributed by atoms with E-state index in [9.17, 15) is 9.59 Å². The molecule has 0 radical (unpaired) electrons. The number of benzene rings is 4. The zero-order valence-electron chi connectivity index (χ0n) is 25.2. The summed E-state index contributed by atoms with van der Waals surface area (Å²) in [4.78, 5) is 29.6. The monoisotopic (exact) mass is 605 g/mol. The predicted octanol–water partition coefficient (Wildman–Crippen LogP) is 8.29. The summed E-state index contributed by atoms with van der Waals surface area (Å²) in [7, 11) is 1.35. The van der Waals surface area contributed by atoms with Crippen LogP contribution in [-0.2, 0) is 11.3 Å². The maximum absolute atomic E-state index is 14.2. The summed E-state index contributed by atoms with van der Waals surface area (Å²) in [6.45, 7) is 6.48. The Morgan fingerprint density at radius 3 is 2.32 bits per heavy atom. The van der Waals surface area contributed by atoms with Gasteiger partial charge in [0.25, 0.3) is 0 Å². The largest absolute Gasteiger partial charge is 0.489 e. The van der Waals surface area contributed by atoms with Crippen molar-refractivity contribution >= 4 is 33.2 Å². The number of rotatable bonds is 10. The van der Waals surface area contributed by atoms with Gasteiger partial charge >= 0.3 is 5.97 Å². The Morgan fingerprint density at radius 2 is 1.61 bits per heavy atom. The molecule has 1 aliphatic rings. The number of thiophene rings is 1. The van der Waals surface area contributed by atoms with Crippen LogP contribution in [0.15, 0.2) is 91.0 Å². The summed E-state index contributed by atoms with van der Waals surface area (Å²) in [6, 6.07) is 29.0. The van der Waals surface area contributed by atoms with Gasteiger partial charge in [-0.15, -0.1) is 11.3 Å². The fourth-order valence-electron chi connectivity index (χ4n) is 5.69. The molecule has 2 heterocycles. The molecule has 0 spiro atoms. The number of esters is 1. The molecule has 1 aliphatic heterocycles. The van der Waals surface area contributed by atoms with Crippen molar-refractivity contribution in [1.29, 1.82) is 0 Å². The van der Waals surface area contributed by atoms with Crippen LogP contribution < -0.4 is 9.47 Å². The van der Waals surface area contributed by atoms with E-state index < -0.39 is 5.97 Å². The highest BCUT2D eigenvalue weighted by molar-refractivity contribution is 7.22. The predicted molar refractivity (Wildman–Crippen MR) is 175 cm³/mol. The SMILES string of the molecule is COC(=O)c1ccc(C(=O)c2c(-c3ccc(OC(C)N4CCCC4)cc3)sc3cc(OCc4ccccc4)ccc23)cc1C. The number of ketones is 1. The summed E-state index contributed by atoms with van der Waals surface area (Å²) in [6.07, 6.45) is 2.42. The van der Waals surface area contributed by atoms with E-state index in [1.54, 1.807) is 29.5 Å². The molecule has 0 saturated carbocycles. The Labute approximate surface area is 261 Å². The quantitative estimate of drug-likeness (QED) is 0.118. The first-order valence-corrected chi connectivity index (χ1v) is 15.7. The molecule has 1 atom stereocenters. The third kappa shape index (κ3) is 6.25. The highest BCUT2D eigenvalue weighted by Crippen LogP contribution is 2.42. The normalized spacial score (nSPS) is 14.0. The van der Waals surface area contributed by atoms with Crippen LogP contribution in [0.5, 0.6) is 11.5 Å². The van der Waals surface area contributed by atoms with Crippen LogP contribution in [0.25, 0.3) is 20.5 Å². The first kappa shape index (κ1) is 29.6. The fourth-order valence-corrected chi connectivity index (χ4v) is 6.92. The van der Waals surface area contributed by atoms with Crippen LogP contribution in [0.1, 0.15) is 57.2 Å². The summed E-state index contributed by atoms with van der Waals surface area (Å²) in [5.74, 6) is 1.01. The number of hydrogen-bond donors (Lipinski definition) is 0. The molecule has 4 aromatic carbocycles. The lowest BCUT2D eigenvalue weighted by Gasteiger charge is -2.24. The second-order valence-electron chi connectivity index (χ2n) is 11.1. The van der Waals surface area contributed by atoms with Crippen molar-refractivity contribution in [2.75, 3.05) is 20.2 Å². The van der Waals surface area contributed by atoms with Crippen LogP contribution in [-0.4, -0.2) is 43.1 Å². The average Bonchev–Trinajstić information content (AvgIpc) is 3.73. The van der Waals surface area contributed by atoms with Gasteiger partial charge in [0.1, 0.15) is 24.3 Å². The number of ether oxygens (including phenoxy) is 3. The molecule has 1 fully saturated rings. The van der Waals surface area contributed by atoms with E-state index in [-0.39, 0.29) is 12.0 Å². The minimum absolute atomic E-state index is 0.00956. The molecule has 5 aromatic rings. The average molecular weight is 606 g/mol. The molecule has 0 N–H and O–H groups in total. The number of aryl methyl sites for hydroxylation is 1.